The molecule has 19 heavy (non-hydrogen) atoms. The van der Waals surface area contributed by atoms with Crippen LogP contribution < -0.4 is 10.8 Å². The van der Waals surface area contributed by atoms with E-state index in [-0.39, 0.29) is 30.7 Å². The van der Waals surface area contributed by atoms with Crippen molar-refractivity contribution in [3.05, 3.63) is 23.8 Å². The molecule has 3 nitrogen and oxygen atoms in total. The molecule has 0 amide bonds. The Bertz CT molecular complexity index is 447. The summed E-state index contributed by atoms with van der Waals surface area (Å²) in [6, 6.07) is 6.25. The highest BCUT2D eigenvalue weighted by molar-refractivity contribution is 6.62. The van der Waals surface area contributed by atoms with Crippen molar-refractivity contribution in [3.63, 3.8) is 0 Å². The second-order valence-corrected chi connectivity index (χ2v) is 5.91. The fourth-order valence-electron chi connectivity index (χ4n) is 2.03. The third kappa shape index (κ3) is 2.91. The summed E-state index contributed by atoms with van der Waals surface area (Å²) in [5.74, 6) is 0. The number of nitrogens with one attached hydrogen (secondary N) is 1. The SMILES string of the molecule is CNc1cc(B2OC(C)(C)C(C)(C)O2)ccc1C.Cl. The molecule has 0 unspecified atom stereocenters. The van der Waals surface area contributed by atoms with Gasteiger partial charge in [0.1, 0.15) is 0 Å². The molecule has 1 fully saturated rings. The largest absolute Gasteiger partial charge is 0.494 e. The summed E-state index contributed by atoms with van der Waals surface area (Å²) >= 11 is 0. The number of hydrogen-bond donors (Lipinski definition) is 1. The highest BCUT2D eigenvalue weighted by Gasteiger charge is 2.51. The monoisotopic (exact) mass is 283 g/mol. The van der Waals surface area contributed by atoms with Crippen molar-refractivity contribution in [1.29, 1.82) is 0 Å². The zero-order valence-corrected chi connectivity index (χ0v) is 13.4. The maximum atomic E-state index is 6.04. The molecule has 1 aliphatic rings. The van der Waals surface area contributed by atoms with Gasteiger partial charge in [0, 0.05) is 12.7 Å². The zero-order valence-electron chi connectivity index (χ0n) is 12.5. The average molecular weight is 284 g/mol. The van der Waals surface area contributed by atoms with E-state index in [4.69, 9.17) is 9.31 Å². The van der Waals surface area contributed by atoms with Crippen molar-refractivity contribution >= 4 is 30.7 Å². The minimum atomic E-state index is -0.289. The first kappa shape index (κ1) is 16.3. The van der Waals surface area contributed by atoms with E-state index in [1.54, 1.807) is 0 Å². The van der Waals surface area contributed by atoms with Crippen LogP contribution in [0.2, 0.25) is 0 Å². The lowest BCUT2D eigenvalue weighted by Gasteiger charge is -2.32. The van der Waals surface area contributed by atoms with Gasteiger partial charge >= 0.3 is 7.12 Å². The van der Waals surface area contributed by atoms with E-state index in [1.807, 2.05) is 7.05 Å². The molecule has 1 heterocycles. The van der Waals surface area contributed by atoms with Crippen LogP contribution in [0.15, 0.2) is 18.2 Å². The average Bonchev–Trinajstić information content (AvgIpc) is 2.49. The van der Waals surface area contributed by atoms with Gasteiger partial charge in [0.2, 0.25) is 0 Å². The molecule has 106 valence electrons. The van der Waals surface area contributed by atoms with Crippen LogP contribution in [-0.2, 0) is 9.31 Å². The first-order chi connectivity index (χ1) is 8.27. The molecule has 1 saturated heterocycles. The molecule has 1 N–H and O–H groups in total. The van der Waals surface area contributed by atoms with E-state index < -0.39 is 0 Å². The maximum absolute atomic E-state index is 6.04. The molecule has 0 aromatic heterocycles. The van der Waals surface area contributed by atoms with E-state index in [0.717, 1.165) is 11.2 Å². The van der Waals surface area contributed by atoms with Gasteiger partial charge in [0.25, 0.3) is 0 Å². The first-order valence-corrected chi connectivity index (χ1v) is 6.41. The normalized spacial score (nSPS) is 20.0. The summed E-state index contributed by atoms with van der Waals surface area (Å²) in [4.78, 5) is 0. The second-order valence-electron chi connectivity index (χ2n) is 5.91. The molecule has 0 aliphatic carbocycles. The molecule has 1 aliphatic heterocycles. The van der Waals surface area contributed by atoms with Crippen LogP contribution in [-0.4, -0.2) is 25.4 Å². The van der Waals surface area contributed by atoms with Gasteiger partial charge in [0.05, 0.1) is 11.2 Å². The predicted octanol–water partition coefficient (Wildman–Crippen LogP) is 2.76. The summed E-state index contributed by atoms with van der Waals surface area (Å²) in [5.41, 5.74) is 2.81. The topological polar surface area (TPSA) is 30.5 Å². The van der Waals surface area contributed by atoms with Crippen molar-refractivity contribution in [3.8, 4) is 0 Å². The molecule has 0 spiro atoms. The van der Waals surface area contributed by atoms with Gasteiger partial charge in [-0.2, -0.15) is 0 Å². The standard InChI is InChI=1S/C14H22BNO2.ClH/c1-10-7-8-11(9-12(10)16-6)15-17-13(2,3)14(4,5)18-15;/h7-9,16H,1-6H3;1H. The Morgan fingerprint density at radius 2 is 1.58 bits per heavy atom. The lowest BCUT2D eigenvalue weighted by Crippen LogP contribution is -2.41. The highest BCUT2D eigenvalue weighted by Crippen LogP contribution is 2.36. The van der Waals surface area contributed by atoms with Gasteiger partial charge < -0.3 is 14.6 Å². The van der Waals surface area contributed by atoms with E-state index in [1.165, 1.54) is 5.56 Å². The van der Waals surface area contributed by atoms with Crippen molar-refractivity contribution in [2.24, 2.45) is 0 Å². The molecule has 5 heteroatoms. The van der Waals surface area contributed by atoms with Gasteiger partial charge in [-0.25, -0.2) is 0 Å². The van der Waals surface area contributed by atoms with Gasteiger partial charge in [-0.15, -0.1) is 12.4 Å². The van der Waals surface area contributed by atoms with Crippen LogP contribution in [0.1, 0.15) is 33.3 Å². The fourth-order valence-corrected chi connectivity index (χ4v) is 2.03. The molecule has 0 radical (unpaired) electrons. The van der Waals surface area contributed by atoms with Gasteiger partial charge in [-0.05, 0) is 51.7 Å². The van der Waals surface area contributed by atoms with E-state index >= 15 is 0 Å². The maximum Gasteiger partial charge on any atom is 0.494 e. The van der Waals surface area contributed by atoms with Crippen LogP contribution in [0, 0.1) is 6.92 Å². The zero-order chi connectivity index (χ0) is 13.6. The van der Waals surface area contributed by atoms with E-state index in [0.29, 0.717) is 0 Å². The van der Waals surface area contributed by atoms with Crippen LogP contribution in [0.4, 0.5) is 5.69 Å². The van der Waals surface area contributed by atoms with Crippen LogP contribution in [0.25, 0.3) is 0 Å². The minimum absolute atomic E-state index is 0. The second kappa shape index (κ2) is 5.35. The molecule has 0 bridgehead atoms. The van der Waals surface area contributed by atoms with Crippen molar-refractivity contribution in [2.45, 2.75) is 45.8 Å². The summed E-state index contributed by atoms with van der Waals surface area (Å²) < 4.78 is 12.1. The molecular weight excluding hydrogens is 260 g/mol. The van der Waals surface area contributed by atoms with Gasteiger partial charge in [-0.1, -0.05) is 12.1 Å². The Kier molecular flexibility index (Phi) is 4.60. The first-order valence-electron chi connectivity index (χ1n) is 6.41. The molecule has 2 rings (SSSR count). The van der Waals surface area contributed by atoms with Gasteiger partial charge in [-0.3, -0.25) is 0 Å². The molecule has 0 atom stereocenters. The fraction of sp³-hybridized carbons (Fsp3) is 0.571. The summed E-state index contributed by atoms with van der Waals surface area (Å²) in [7, 11) is 1.64. The smallest absolute Gasteiger partial charge is 0.399 e. The molecular formula is C14H23BClNO2. The third-order valence-electron chi connectivity index (χ3n) is 4.06. The molecule has 0 saturated carbocycles. The number of rotatable bonds is 2. The number of aryl methyl sites for hydroxylation is 1. The van der Waals surface area contributed by atoms with E-state index in [9.17, 15) is 0 Å². The lowest BCUT2D eigenvalue weighted by atomic mass is 9.78. The Morgan fingerprint density at radius 3 is 2.05 bits per heavy atom. The minimum Gasteiger partial charge on any atom is -0.399 e. The van der Waals surface area contributed by atoms with Crippen molar-refractivity contribution in [2.75, 3.05) is 12.4 Å². The van der Waals surface area contributed by atoms with Crippen LogP contribution in [0.5, 0.6) is 0 Å². The van der Waals surface area contributed by atoms with Gasteiger partial charge in [0.15, 0.2) is 0 Å². The van der Waals surface area contributed by atoms with E-state index in [2.05, 4.69) is 58.1 Å². The quantitative estimate of drug-likeness (QED) is 0.847. The third-order valence-corrected chi connectivity index (χ3v) is 4.06. The summed E-state index contributed by atoms with van der Waals surface area (Å²) in [5, 5.41) is 3.19. The summed E-state index contributed by atoms with van der Waals surface area (Å²) in [6.07, 6.45) is 0. The van der Waals surface area contributed by atoms with Crippen molar-refractivity contribution < 1.29 is 9.31 Å². The number of anilines is 1. The van der Waals surface area contributed by atoms with Crippen molar-refractivity contribution in [1.82, 2.24) is 0 Å². The Hall–Kier alpha value is -0.705. The Balaban J connectivity index is 0.00000180. The number of hydrogen-bond acceptors (Lipinski definition) is 3. The Labute approximate surface area is 122 Å². The predicted molar refractivity (Wildman–Crippen MR) is 83.7 cm³/mol. The van der Waals surface area contributed by atoms with Crippen LogP contribution in [0.3, 0.4) is 0 Å². The lowest BCUT2D eigenvalue weighted by molar-refractivity contribution is 0.00578. The molecule has 1 aromatic carbocycles. The van der Waals surface area contributed by atoms with Crippen LogP contribution >= 0.6 is 12.4 Å². The summed E-state index contributed by atoms with van der Waals surface area (Å²) in [6.45, 7) is 10.4. The highest BCUT2D eigenvalue weighted by atomic mass is 35.5. The molecule has 1 aromatic rings. The number of halogens is 1. The number of benzene rings is 1. The Morgan fingerprint density at radius 1 is 1.05 bits per heavy atom.